The maximum Gasteiger partial charge on any atom is 0.246 e. The van der Waals surface area contributed by atoms with Gasteiger partial charge in [0.25, 0.3) is 0 Å². The van der Waals surface area contributed by atoms with Gasteiger partial charge in [-0.15, -0.1) is 0 Å². The molecule has 0 radical (unpaired) electrons. The van der Waals surface area contributed by atoms with Crippen molar-refractivity contribution < 1.29 is 9.53 Å². The Morgan fingerprint density at radius 1 is 1.31 bits per heavy atom. The van der Waals surface area contributed by atoms with E-state index in [0.717, 1.165) is 34.1 Å². The number of amides is 1. The predicted molar refractivity (Wildman–Crippen MR) is 132 cm³/mol. The average Bonchev–Trinajstić information content (AvgIpc) is 3.15. The fourth-order valence-corrected chi connectivity index (χ4v) is 2.85. The molecule has 0 fully saturated rings. The monoisotopic (exact) mass is 437 g/mol. The molecule has 0 atom stereocenters. The molecule has 1 aromatic heterocycles. The molecule has 2 aromatic rings. The van der Waals surface area contributed by atoms with Crippen LogP contribution in [0.5, 0.6) is 0 Å². The van der Waals surface area contributed by atoms with Crippen LogP contribution in [0.25, 0.3) is 12.8 Å². The largest absolute Gasteiger partial charge is 0.385 e. The lowest BCUT2D eigenvalue weighted by Crippen LogP contribution is -2.31. The van der Waals surface area contributed by atoms with Crippen molar-refractivity contribution in [3.8, 4) is 0 Å². The first-order chi connectivity index (χ1) is 15.2. The number of nitrogens with zero attached hydrogens (tertiary/aromatic N) is 3. The number of anilines is 1. The van der Waals surface area contributed by atoms with Gasteiger partial charge < -0.3 is 15.0 Å². The van der Waals surface area contributed by atoms with Crippen LogP contribution in [0.3, 0.4) is 0 Å². The van der Waals surface area contributed by atoms with Crippen molar-refractivity contribution in [2.24, 2.45) is 10.4 Å². The Kier molecular flexibility index (Phi) is 9.40. The number of amidine groups is 1. The Hall–Kier alpha value is -3.19. The molecule has 32 heavy (non-hydrogen) atoms. The molecule has 0 bridgehead atoms. The number of benzene rings is 1. The highest BCUT2D eigenvalue weighted by Crippen LogP contribution is 2.16. The van der Waals surface area contributed by atoms with E-state index >= 15 is 0 Å². The van der Waals surface area contributed by atoms with Crippen molar-refractivity contribution in [1.29, 1.82) is 0 Å². The maximum absolute atomic E-state index is 12.7. The molecule has 0 saturated carbocycles. The second-order valence-corrected chi connectivity index (χ2v) is 8.77. The van der Waals surface area contributed by atoms with Crippen LogP contribution in [-0.2, 0) is 16.1 Å². The summed E-state index contributed by atoms with van der Waals surface area (Å²) in [4.78, 5) is 19.0. The van der Waals surface area contributed by atoms with Crippen LogP contribution in [-0.4, -0.2) is 47.1 Å². The van der Waals surface area contributed by atoms with Crippen LogP contribution in [0.1, 0.15) is 39.7 Å². The van der Waals surface area contributed by atoms with Gasteiger partial charge in [0, 0.05) is 43.9 Å². The number of aliphatic imine (C=N–C) groups is 1. The molecule has 7 nitrogen and oxygen atoms in total. The Labute approximate surface area is 190 Å². The lowest BCUT2D eigenvalue weighted by Gasteiger charge is -2.22. The summed E-state index contributed by atoms with van der Waals surface area (Å²) in [5.74, 6) is 0.766. The lowest BCUT2D eigenvalue weighted by atomic mass is 9.96. The zero-order valence-electron chi connectivity index (χ0n) is 19.8. The zero-order valence-corrected chi connectivity index (χ0v) is 19.8. The van der Waals surface area contributed by atoms with Gasteiger partial charge in [0.1, 0.15) is 5.84 Å². The molecule has 2 N–H and O–H groups in total. The molecule has 1 heterocycles. The van der Waals surface area contributed by atoms with E-state index in [4.69, 9.17) is 4.74 Å². The summed E-state index contributed by atoms with van der Waals surface area (Å²) in [6, 6.07) is 8.02. The molecule has 0 aliphatic carbocycles. The minimum atomic E-state index is -0.0369. The molecule has 172 valence electrons. The number of aromatic nitrogens is 2. The first kappa shape index (κ1) is 25.1. The van der Waals surface area contributed by atoms with E-state index in [-0.39, 0.29) is 11.3 Å². The first-order valence-electron chi connectivity index (χ1n) is 10.7. The third-order valence-corrected chi connectivity index (χ3v) is 4.62. The van der Waals surface area contributed by atoms with Crippen LogP contribution in [0.2, 0.25) is 0 Å². The van der Waals surface area contributed by atoms with E-state index in [9.17, 15) is 4.79 Å². The maximum atomic E-state index is 12.7. The normalized spacial score (nSPS) is 13.0. The van der Waals surface area contributed by atoms with Gasteiger partial charge in [-0.1, -0.05) is 45.6 Å². The Morgan fingerprint density at radius 2 is 2.03 bits per heavy atom. The molecule has 0 unspecified atom stereocenters. The van der Waals surface area contributed by atoms with Gasteiger partial charge in [-0.05, 0) is 42.5 Å². The van der Waals surface area contributed by atoms with Crippen LogP contribution < -0.4 is 15.9 Å². The summed E-state index contributed by atoms with van der Waals surface area (Å²) < 4.78 is 5.15. The topological polar surface area (TPSA) is 82.6 Å². The standard InChI is InChI=1S/C25H35N5O2/c1-19-22(17-27-29-19)16-26-20(2)28-23-10-8-21(9-11-23)18-30(14-7-15-32-6)24(31)12-13-25(3,4)5/h8-13,16-17,29H,1,7,14-15,18H2,2-6H3,(H,26,28)/b13-12-,22-16-. The van der Waals surface area contributed by atoms with Crippen molar-refractivity contribution in [1.82, 2.24) is 15.1 Å². The van der Waals surface area contributed by atoms with Crippen LogP contribution in [0, 0.1) is 5.41 Å². The molecule has 0 aliphatic heterocycles. The van der Waals surface area contributed by atoms with Crippen LogP contribution in [0.15, 0.2) is 47.6 Å². The number of hydrogen-bond donors (Lipinski definition) is 2. The van der Waals surface area contributed by atoms with Gasteiger partial charge in [0.2, 0.25) is 5.91 Å². The summed E-state index contributed by atoms with van der Waals surface area (Å²) in [5, 5.41) is 11.6. The quantitative estimate of drug-likeness (QED) is 0.273. The lowest BCUT2D eigenvalue weighted by molar-refractivity contribution is -0.126. The van der Waals surface area contributed by atoms with Gasteiger partial charge in [-0.2, -0.15) is 5.10 Å². The summed E-state index contributed by atoms with van der Waals surface area (Å²) in [6.07, 6.45) is 7.83. The third-order valence-electron chi connectivity index (χ3n) is 4.62. The van der Waals surface area contributed by atoms with Gasteiger partial charge in [0.15, 0.2) is 0 Å². The van der Waals surface area contributed by atoms with E-state index in [1.165, 1.54) is 0 Å². The number of aromatic amines is 1. The van der Waals surface area contributed by atoms with Gasteiger partial charge in [-0.25, -0.2) is 4.99 Å². The first-order valence-corrected chi connectivity index (χ1v) is 10.7. The number of H-pyrrole nitrogens is 1. The summed E-state index contributed by atoms with van der Waals surface area (Å²) in [7, 11) is 1.67. The third kappa shape index (κ3) is 8.89. The van der Waals surface area contributed by atoms with Gasteiger partial charge in [-0.3, -0.25) is 9.89 Å². The molecular formula is C25H35N5O2. The number of carbonyl (C=O) groups excluding carboxylic acids is 1. The van der Waals surface area contributed by atoms with E-state index in [2.05, 4.69) is 47.9 Å². The summed E-state index contributed by atoms with van der Waals surface area (Å²) in [6.45, 7) is 13.8. The van der Waals surface area contributed by atoms with Crippen LogP contribution in [0.4, 0.5) is 5.69 Å². The molecule has 1 aromatic carbocycles. The number of ether oxygens (including phenoxy) is 1. The number of nitrogens with one attached hydrogen (secondary N) is 2. The number of methoxy groups -OCH3 is 1. The van der Waals surface area contributed by atoms with Crippen molar-refractivity contribution in [2.75, 3.05) is 25.6 Å². The second-order valence-electron chi connectivity index (χ2n) is 8.77. The minimum Gasteiger partial charge on any atom is -0.385 e. The SMILES string of the molecule is C=c1[nH]nc/c1=C/N=C(C)Nc1ccc(CN(CCCOC)C(=O)/C=C\C(C)(C)C)cc1. The highest BCUT2D eigenvalue weighted by atomic mass is 16.5. The summed E-state index contributed by atoms with van der Waals surface area (Å²) >= 11 is 0. The molecular weight excluding hydrogens is 402 g/mol. The van der Waals surface area contributed by atoms with E-state index in [0.29, 0.717) is 19.7 Å². The van der Waals surface area contributed by atoms with Crippen molar-refractivity contribution in [3.63, 3.8) is 0 Å². The van der Waals surface area contributed by atoms with Crippen molar-refractivity contribution in [2.45, 2.75) is 40.7 Å². The van der Waals surface area contributed by atoms with Crippen molar-refractivity contribution >= 4 is 30.2 Å². The fourth-order valence-electron chi connectivity index (χ4n) is 2.85. The number of rotatable bonds is 9. The van der Waals surface area contributed by atoms with Gasteiger partial charge >= 0.3 is 0 Å². The summed E-state index contributed by atoms with van der Waals surface area (Å²) in [5.41, 5.74) is 1.95. The highest BCUT2D eigenvalue weighted by molar-refractivity contribution is 5.94. The zero-order chi connectivity index (χ0) is 23.6. The molecule has 0 aliphatic rings. The Balaban J connectivity index is 2.04. The number of allylic oxidation sites excluding steroid dienone is 1. The van der Waals surface area contributed by atoms with Crippen LogP contribution >= 0.6 is 0 Å². The van der Waals surface area contributed by atoms with E-state index in [1.54, 1.807) is 25.6 Å². The molecule has 2 rings (SSSR count). The Bertz CT molecular complexity index is 1030. The Morgan fingerprint density at radius 3 is 2.62 bits per heavy atom. The van der Waals surface area contributed by atoms with E-state index in [1.807, 2.05) is 42.2 Å². The molecule has 1 amide bonds. The minimum absolute atomic E-state index is 0.0146. The molecule has 0 saturated heterocycles. The number of carbonyl (C=O) groups is 1. The molecule has 7 heteroatoms. The highest BCUT2D eigenvalue weighted by Gasteiger charge is 2.13. The molecule has 0 spiro atoms. The fraction of sp³-hybridized carbons (Fsp3) is 0.400. The van der Waals surface area contributed by atoms with Gasteiger partial charge in [0.05, 0.1) is 11.5 Å². The average molecular weight is 438 g/mol. The second kappa shape index (κ2) is 12.0. The van der Waals surface area contributed by atoms with Crippen molar-refractivity contribution in [3.05, 3.63) is 58.7 Å². The predicted octanol–water partition coefficient (Wildman–Crippen LogP) is 3.06. The smallest absolute Gasteiger partial charge is 0.246 e. The van der Waals surface area contributed by atoms with E-state index < -0.39 is 0 Å². The number of hydrogen-bond acceptors (Lipinski definition) is 4.